The van der Waals surface area contributed by atoms with Gasteiger partial charge in [0.2, 0.25) is 5.91 Å². The third-order valence-corrected chi connectivity index (χ3v) is 4.80. The smallest absolute Gasteiger partial charge is 0.323 e. The molecule has 2 aliphatic rings. The number of carboxylic acids is 1. The molecule has 2 atom stereocenters. The Balaban J connectivity index is 1.60. The molecule has 1 aromatic heterocycles. The molecule has 1 fully saturated rings. The highest BCUT2D eigenvalue weighted by atomic mass is 16.4. The van der Waals surface area contributed by atoms with E-state index in [9.17, 15) is 9.59 Å². The summed E-state index contributed by atoms with van der Waals surface area (Å²) in [7, 11) is 0. The molecule has 124 valence electrons. The molecule has 3 rings (SSSR count). The Bertz CT molecular complexity index is 617. The maximum atomic E-state index is 12.3. The lowest BCUT2D eigenvalue weighted by Crippen LogP contribution is -2.36. The number of anilines is 1. The average Bonchev–Trinajstić information content (AvgIpc) is 2.80. The zero-order chi connectivity index (χ0) is 16.4. The number of aliphatic carboxylic acids is 1. The second-order valence-electron chi connectivity index (χ2n) is 6.52. The summed E-state index contributed by atoms with van der Waals surface area (Å²) >= 11 is 0. The molecule has 0 radical (unpaired) electrons. The van der Waals surface area contributed by atoms with Crippen molar-refractivity contribution in [3.8, 4) is 0 Å². The molecule has 6 nitrogen and oxygen atoms in total. The molecular formula is C17H23N3O3. The van der Waals surface area contributed by atoms with Gasteiger partial charge in [-0.15, -0.1) is 0 Å². The third-order valence-electron chi connectivity index (χ3n) is 4.80. The van der Waals surface area contributed by atoms with Crippen LogP contribution in [0, 0.1) is 5.92 Å². The van der Waals surface area contributed by atoms with E-state index < -0.39 is 5.97 Å². The summed E-state index contributed by atoms with van der Waals surface area (Å²) in [5, 5.41) is 12.2. The zero-order valence-corrected chi connectivity index (χ0v) is 13.4. The number of aromatic nitrogens is 1. The molecule has 0 aromatic carbocycles. The number of likely N-dealkylation sites (tertiary alicyclic amines) is 1. The molecule has 0 aliphatic carbocycles. The Kier molecular flexibility index (Phi) is 4.50. The van der Waals surface area contributed by atoms with Gasteiger partial charge in [0, 0.05) is 24.2 Å². The van der Waals surface area contributed by atoms with Crippen LogP contribution >= 0.6 is 0 Å². The van der Waals surface area contributed by atoms with Gasteiger partial charge in [0.25, 0.3) is 0 Å². The highest BCUT2D eigenvalue weighted by molar-refractivity contribution is 5.85. The minimum absolute atomic E-state index is 0.00163. The molecule has 0 bridgehead atoms. The van der Waals surface area contributed by atoms with Crippen LogP contribution in [0.25, 0.3) is 0 Å². The number of amides is 1. The number of hydrogen-bond acceptors (Lipinski definition) is 4. The van der Waals surface area contributed by atoms with E-state index in [1.54, 1.807) is 0 Å². The van der Waals surface area contributed by atoms with Gasteiger partial charge in [-0.05, 0) is 50.7 Å². The van der Waals surface area contributed by atoms with Crippen molar-refractivity contribution in [1.82, 2.24) is 9.88 Å². The number of nitrogens with zero attached hydrogens (tertiary/aromatic N) is 2. The van der Waals surface area contributed by atoms with Crippen molar-refractivity contribution in [2.24, 2.45) is 5.92 Å². The van der Waals surface area contributed by atoms with Crippen LogP contribution in [0.2, 0.25) is 0 Å². The maximum absolute atomic E-state index is 12.3. The Morgan fingerprint density at radius 2 is 2.30 bits per heavy atom. The number of carbonyl (C=O) groups is 2. The van der Waals surface area contributed by atoms with Crippen molar-refractivity contribution in [3.05, 3.63) is 23.4 Å². The van der Waals surface area contributed by atoms with E-state index in [-0.39, 0.29) is 24.4 Å². The number of nitrogens with one attached hydrogen (secondary N) is 1. The van der Waals surface area contributed by atoms with Crippen molar-refractivity contribution in [2.75, 3.05) is 18.4 Å². The van der Waals surface area contributed by atoms with Gasteiger partial charge < -0.3 is 15.3 Å². The Hall–Kier alpha value is -2.11. The van der Waals surface area contributed by atoms with Crippen LogP contribution in [0.15, 0.2) is 12.1 Å². The fraction of sp³-hybridized carbons (Fsp3) is 0.588. The van der Waals surface area contributed by atoms with Crippen LogP contribution in [-0.2, 0) is 22.4 Å². The Morgan fingerprint density at radius 1 is 1.48 bits per heavy atom. The summed E-state index contributed by atoms with van der Waals surface area (Å²) in [6.45, 7) is 2.69. The van der Waals surface area contributed by atoms with Gasteiger partial charge in [-0.2, -0.15) is 0 Å². The third kappa shape index (κ3) is 3.46. The lowest BCUT2D eigenvalue weighted by molar-refractivity contribution is -0.144. The second-order valence-corrected chi connectivity index (χ2v) is 6.52. The van der Waals surface area contributed by atoms with Gasteiger partial charge >= 0.3 is 5.97 Å². The highest BCUT2D eigenvalue weighted by Crippen LogP contribution is 2.28. The van der Waals surface area contributed by atoms with Crippen LogP contribution in [0.5, 0.6) is 0 Å². The first-order chi connectivity index (χ1) is 11.0. The van der Waals surface area contributed by atoms with Crippen LogP contribution in [0.3, 0.4) is 0 Å². The SMILES string of the molecule is C[C@@H]1C[C@H](CCc2ccc3c(n2)NCCC3)C(=O)N1CC(=O)O. The van der Waals surface area contributed by atoms with E-state index in [2.05, 4.69) is 16.4 Å². The lowest BCUT2D eigenvalue weighted by Gasteiger charge is -2.19. The van der Waals surface area contributed by atoms with Gasteiger partial charge in [0.05, 0.1) is 0 Å². The molecule has 1 aromatic rings. The summed E-state index contributed by atoms with van der Waals surface area (Å²) in [6.07, 6.45) is 4.42. The minimum Gasteiger partial charge on any atom is -0.480 e. The number of carboxylic acid groups (broad SMARTS) is 1. The number of pyridine rings is 1. The van der Waals surface area contributed by atoms with Gasteiger partial charge in [0.1, 0.15) is 12.4 Å². The standard InChI is InChI=1S/C17H23N3O3/c1-11-9-13(17(23)20(11)10-15(21)22)5-7-14-6-4-12-3-2-8-18-16(12)19-14/h4,6,11,13H,2-3,5,7-10H2,1H3,(H,18,19)(H,21,22)/t11-,13+/m1/s1. The molecule has 2 aliphatic heterocycles. The zero-order valence-electron chi connectivity index (χ0n) is 13.4. The molecule has 0 saturated carbocycles. The second kappa shape index (κ2) is 6.56. The van der Waals surface area contributed by atoms with E-state index in [0.717, 1.165) is 50.2 Å². The number of hydrogen-bond donors (Lipinski definition) is 2. The molecular weight excluding hydrogens is 294 g/mol. The predicted molar refractivity (Wildman–Crippen MR) is 86.3 cm³/mol. The molecule has 2 N–H and O–H groups in total. The van der Waals surface area contributed by atoms with E-state index >= 15 is 0 Å². The normalized spacial score (nSPS) is 23.5. The summed E-state index contributed by atoms with van der Waals surface area (Å²) in [5.41, 5.74) is 2.26. The van der Waals surface area contributed by atoms with Crippen molar-refractivity contribution in [2.45, 2.75) is 45.1 Å². The van der Waals surface area contributed by atoms with Gasteiger partial charge in [-0.25, -0.2) is 4.98 Å². The van der Waals surface area contributed by atoms with Crippen molar-refractivity contribution < 1.29 is 14.7 Å². The first-order valence-corrected chi connectivity index (χ1v) is 8.29. The lowest BCUT2D eigenvalue weighted by atomic mass is 9.98. The molecule has 0 spiro atoms. The fourth-order valence-electron chi connectivity index (χ4n) is 3.54. The summed E-state index contributed by atoms with van der Waals surface area (Å²) in [5.74, 6) is -0.0909. The van der Waals surface area contributed by atoms with Crippen molar-refractivity contribution in [3.63, 3.8) is 0 Å². The number of carbonyl (C=O) groups excluding carboxylic acids is 1. The summed E-state index contributed by atoms with van der Waals surface area (Å²) in [6, 6.07) is 4.17. The summed E-state index contributed by atoms with van der Waals surface area (Å²) in [4.78, 5) is 29.3. The van der Waals surface area contributed by atoms with Crippen LogP contribution in [0.4, 0.5) is 5.82 Å². The van der Waals surface area contributed by atoms with E-state index in [1.165, 1.54) is 10.5 Å². The maximum Gasteiger partial charge on any atom is 0.323 e. The first-order valence-electron chi connectivity index (χ1n) is 8.29. The monoisotopic (exact) mass is 317 g/mol. The molecule has 1 saturated heterocycles. The summed E-state index contributed by atoms with van der Waals surface area (Å²) < 4.78 is 0. The van der Waals surface area contributed by atoms with Gasteiger partial charge in [0.15, 0.2) is 0 Å². The van der Waals surface area contributed by atoms with E-state index in [0.29, 0.717) is 0 Å². The molecule has 23 heavy (non-hydrogen) atoms. The minimum atomic E-state index is -0.951. The molecule has 6 heteroatoms. The van der Waals surface area contributed by atoms with Crippen molar-refractivity contribution >= 4 is 17.7 Å². The average molecular weight is 317 g/mol. The van der Waals surface area contributed by atoms with Crippen LogP contribution in [-0.4, -0.2) is 46.0 Å². The quantitative estimate of drug-likeness (QED) is 0.863. The first kappa shape index (κ1) is 15.8. The molecule has 0 unspecified atom stereocenters. The van der Waals surface area contributed by atoms with Crippen molar-refractivity contribution in [1.29, 1.82) is 0 Å². The Morgan fingerprint density at radius 3 is 3.09 bits per heavy atom. The van der Waals surface area contributed by atoms with E-state index in [4.69, 9.17) is 5.11 Å². The van der Waals surface area contributed by atoms with E-state index in [1.807, 2.05) is 13.0 Å². The largest absolute Gasteiger partial charge is 0.480 e. The highest BCUT2D eigenvalue weighted by Gasteiger charge is 2.37. The number of rotatable bonds is 5. The molecule has 1 amide bonds. The fourth-order valence-corrected chi connectivity index (χ4v) is 3.54. The van der Waals surface area contributed by atoms with Crippen LogP contribution < -0.4 is 5.32 Å². The number of fused-ring (bicyclic) bond motifs is 1. The number of aryl methyl sites for hydroxylation is 2. The Labute approximate surface area is 135 Å². The van der Waals surface area contributed by atoms with Gasteiger partial charge in [-0.1, -0.05) is 6.07 Å². The topological polar surface area (TPSA) is 82.5 Å². The van der Waals surface area contributed by atoms with Crippen LogP contribution in [0.1, 0.15) is 37.4 Å². The molecule has 3 heterocycles. The van der Waals surface area contributed by atoms with Gasteiger partial charge in [-0.3, -0.25) is 9.59 Å². The predicted octanol–water partition coefficient (Wildman–Crippen LogP) is 1.69.